The van der Waals surface area contributed by atoms with E-state index in [1.54, 1.807) is 0 Å². The number of fused-ring (bicyclic) bond motifs is 3. The number of aryl methyl sites for hydroxylation is 1. The van der Waals surface area contributed by atoms with E-state index in [0.717, 1.165) is 17.8 Å². The SMILES string of the molecule is CCn1c2ccccc2c2cc(/C=N/N(C)c3ccccc3)ccc21. The molecule has 0 fully saturated rings. The van der Waals surface area contributed by atoms with Crippen LogP contribution in [0.2, 0.25) is 0 Å². The van der Waals surface area contributed by atoms with E-state index >= 15 is 0 Å². The first kappa shape index (κ1) is 15.5. The largest absolute Gasteiger partial charge is 0.341 e. The summed E-state index contributed by atoms with van der Waals surface area (Å²) in [6, 6.07) is 25.3. The number of para-hydroxylation sites is 2. The van der Waals surface area contributed by atoms with Crippen LogP contribution in [0, 0.1) is 0 Å². The molecule has 3 nitrogen and oxygen atoms in total. The number of nitrogens with zero attached hydrogens (tertiary/aromatic N) is 3. The smallest absolute Gasteiger partial charge is 0.0590 e. The third-order valence-corrected chi connectivity index (χ3v) is 4.62. The van der Waals surface area contributed by atoms with Gasteiger partial charge in [-0.25, -0.2) is 0 Å². The summed E-state index contributed by atoms with van der Waals surface area (Å²) in [6.07, 6.45) is 1.92. The van der Waals surface area contributed by atoms with Gasteiger partial charge in [0.1, 0.15) is 0 Å². The molecule has 0 atom stereocenters. The van der Waals surface area contributed by atoms with E-state index in [1.807, 2.05) is 36.5 Å². The summed E-state index contributed by atoms with van der Waals surface area (Å²) < 4.78 is 2.36. The van der Waals surface area contributed by atoms with Gasteiger partial charge in [0.05, 0.1) is 11.9 Å². The van der Waals surface area contributed by atoms with Crippen molar-refractivity contribution in [3.63, 3.8) is 0 Å². The Labute approximate surface area is 147 Å². The van der Waals surface area contributed by atoms with Crippen LogP contribution in [-0.2, 0) is 6.54 Å². The summed E-state index contributed by atoms with van der Waals surface area (Å²) in [5.74, 6) is 0. The lowest BCUT2D eigenvalue weighted by Crippen LogP contribution is -2.08. The molecule has 3 heteroatoms. The Morgan fingerprint density at radius 3 is 2.40 bits per heavy atom. The first-order valence-electron chi connectivity index (χ1n) is 8.61. The molecule has 0 aliphatic carbocycles. The lowest BCUT2D eigenvalue weighted by molar-refractivity contribution is 0.827. The molecular formula is C22H21N3. The molecule has 0 aliphatic rings. The lowest BCUT2D eigenvalue weighted by atomic mass is 10.1. The van der Waals surface area contributed by atoms with Crippen molar-refractivity contribution in [2.45, 2.75) is 13.5 Å². The predicted molar refractivity (Wildman–Crippen MR) is 108 cm³/mol. The first-order chi connectivity index (χ1) is 12.3. The Morgan fingerprint density at radius 1 is 0.880 bits per heavy atom. The first-order valence-corrected chi connectivity index (χ1v) is 8.61. The van der Waals surface area contributed by atoms with Gasteiger partial charge in [0.15, 0.2) is 0 Å². The van der Waals surface area contributed by atoms with Crippen LogP contribution < -0.4 is 5.01 Å². The number of hydrogen-bond acceptors (Lipinski definition) is 2. The van der Waals surface area contributed by atoms with Crippen molar-refractivity contribution in [2.24, 2.45) is 5.10 Å². The Balaban J connectivity index is 1.74. The van der Waals surface area contributed by atoms with Crippen LogP contribution in [0.1, 0.15) is 12.5 Å². The Hall–Kier alpha value is -3.07. The van der Waals surface area contributed by atoms with E-state index in [0.29, 0.717) is 0 Å². The second-order valence-electron chi connectivity index (χ2n) is 6.14. The van der Waals surface area contributed by atoms with Gasteiger partial charge in [-0.3, -0.25) is 5.01 Å². The van der Waals surface area contributed by atoms with Crippen LogP contribution in [-0.4, -0.2) is 17.8 Å². The average molecular weight is 327 g/mol. The van der Waals surface area contributed by atoms with E-state index < -0.39 is 0 Å². The molecule has 0 bridgehead atoms. The Kier molecular flexibility index (Phi) is 3.98. The van der Waals surface area contributed by atoms with E-state index in [9.17, 15) is 0 Å². The number of hydrazone groups is 1. The highest BCUT2D eigenvalue weighted by Crippen LogP contribution is 2.29. The summed E-state index contributed by atoms with van der Waals surface area (Å²) in [5, 5.41) is 9.05. The monoisotopic (exact) mass is 327 g/mol. The fourth-order valence-corrected chi connectivity index (χ4v) is 3.36. The number of hydrogen-bond donors (Lipinski definition) is 0. The van der Waals surface area contributed by atoms with Gasteiger partial charge < -0.3 is 4.57 Å². The minimum atomic E-state index is 0.966. The Morgan fingerprint density at radius 2 is 1.60 bits per heavy atom. The van der Waals surface area contributed by atoms with Crippen molar-refractivity contribution < 1.29 is 0 Å². The van der Waals surface area contributed by atoms with Crippen molar-refractivity contribution in [3.05, 3.63) is 78.4 Å². The second kappa shape index (κ2) is 6.44. The minimum Gasteiger partial charge on any atom is -0.341 e. The van der Waals surface area contributed by atoms with Crippen LogP contribution in [0.4, 0.5) is 5.69 Å². The van der Waals surface area contributed by atoms with Crippen LogP contribution >= 0.6 is 0 Å². The maximum atomic E-state index is 4.58. The second-order valence-corrected chi connectivity index (χ2v) is 6.14. The zero-order valence-electron chi connectivity index (χ0n) is 14.6. The molecule has 0 aliphatic heterocycles. The van der Waals surface area contributed by atoms with Crippen molar-refractivity contribution in [3.8, 4) is 0 Å². The molecule has 1 aromatic heterocycles. The van der Waals surface area contributed by atoms with Crippen LogP contribution in [0.3, 0.4) is 0 Å². The van der Waals surface area contributed by atoms with Crippen molar-refractivity contribution >= 4 is 33.7 Å². The lowest BCUT2D eigenvalue weighted by Gasteiger charge is -2.12. The molecule has 0 spiro atoms. The van der Waals surface area contributed by atoms with Crippen molar-refractivity contribution in [1.29, 1.82) is 0 Å². The minimum absolute atomic E-state index is 0.966. The molecule has 0 radical (unpaired) electrons. The van der Waals surface area contributed by atoms with Gasteiger partial charge in [-0.15, -0.1) is 0 Å². The molecule has 1 heterocycles. The van der Waals surface area contributed by atoms with Crippen LogP contribution in [0.15, 0.2) is 77.9 Å². The molecule has 0 saturated heterocycles. The third-order valence-electron chi connectivity index (χ3n) is 4.62. The van der Waals surface area contributed by atoms with E-state index in [4.69, 9.17) is 0 Å². The average Bonchev–Trinajstić information content (AvgIpc) is 3.00. The quantitative estimate of drug-likeness (QED) is 0.369. The van der Waals surface area contributed by atoms with Gasteiger partial charge in [0.2, 0.25) is 0 Å². The van der Waals surface area contributed by atoms with Gasteiger partial charge in [-0.2, -0.15) is 5.10 Å². The number of aromatic nitrogens is 1. The van der Waals surface area contributed by atoms with Gasteiger partial charge in [0.25, 0.3) is 0 Å². The molecule has 0 amide bonds. The topological polar surface area (TPSA) is 20.5 Å². The number of anilines is 1. The van der Waals surface area contributed by atoms with Gasteiger partial charge in [-0.05, 0) is 42.8 Å². The highest BCUT2D eigenvalue weighted by molar-refractivity contribution is 6.09. The zero-order chi connectivity index (χ0) is 17.2. The molecule has 0 saturated carbocycles. The summed E-state index contributed by atoms with van der Waals surface area (Å²) in [4.78, 5) is 0. The zero-order valence-corrected chi connectivity index (χ0v) is 14.6. The third kappa shape index (κ3) is 2.78. The normalized spacial score (nSPS) is 11.6. The molecule has 3 aromatic carbocycles. The number of benzene rings is 3. The van der Waals surface area contributed by atoms with Crippen LogP contribution in [0.25, 0.3) is 21.8 Å². The number of rotatable bonds is 4. The molecule has 0 N–H and O–H groups in total. The fourth-order valence-electron chi connectivity index (χ4n) is 3.36. The standard InChI is InChI=1S/C22H21N3/c1-3-25-21-12-8-7-11-19(21)20-15-17(13-14-22(20)25)16-23-24(2)18-9-5-4-6-10-18/h4-16H,3H2,1-2H3/b23-16+. The van der Waals surface area contributed by atoms with E-state index in [1.165, 1.54) is 21.8 Å². The Bertz CT molecular complexity index is 1040. The molecule has 4 rings (SSSR count). The maximum Gasteiger partial charge on any atom is 0.0590 e. The summed E-state index contributed by atoms with van der Waals surface area (Å²) in [5.41, 5.74) is 4.74. The van der Waals surface area contributed by atoms with Crippen molar-refractivity contribution in [2.75, 3.05) is 12.1 Å². The molecule has 124 valence electrons. The summed E-state index contributed by atoms with van der Waals surface area (Å²) in [6.45, 7) is 3.16. The van der Waals surface area contributed by atoms with E-state index in [-0.39, 0.29) is 0 Å². The van der Waals surface area contributed by atoms with Gasteiger partial charge >= 0.3 is 0 Å². The summed E-state index contributed by atoms with van der Waals surface area (Å²) >= 11 is 0. The maximum absolute atomic E-state index is 4.58. The molecule has 25 heavy (non-hydrogen) atoms. The molecule has 4 aromatic rings. The van der Waals surface area contributed by atoms with Gasteiger partial charge in [0, 0.05) is 35.4 Å². The van der Waals surface area contributed by atoms with Crippen molar-refractivity contribution in [1.82, 2.24) is 4.57 Å². The fraction of sp³-hybridized carbons (Fsp3) is 0.136. The van der Waals surface area contributed by atoms with Crippen LogP contribution in [0.5, 0.6) is 0 Å². The predicted octanol–water partition coefficient (Wildman–Crippen LogP) is 5.28. The van der Waals surface area contributed by atoms with E-state index in [2.05, 4.69) is 71.2 Å². The molecule has 0 unspecified atom stereocenters. The highest BCUT2D eigenvalue weighted by Gasteiger charge is 2.09. The summed E-state index contributed by atoms with van der Waals surface area (Å²) in [7, 11) is 1.97. The highest BCUT2D eigenvalue weighted by atomic mass is 15.4. The van der Waals surface area contributed by atoms with Gasteiger partial charge in [-0.1, -0.05) is 42.5 Å². The molecular weight excluding hydrogens is 306 g/mol.